The largest absolute Gasteiger partial charge is 0.417 e. The molecule has 1 aromatic heterocycles. The van der Waals surface area contributed by atoms with Crippen LogP contribution in [0.4, 0.5) is 0 Å². The lowest BCUT2D eigenvalue weighted by atomic mass is 9.67. The van der Waals surface area contributed by atoms with Gasteiger partial charge in [0, 0.05) is 12.5 Å². The number of aromatic amines is 1. The molecule has 5 rings (SSSR count). The van der Waals surface area contributed by atoms with E-state index >= 15 is 0 Å². The van der Waals surface area contributed by atoms with E-state index < -0.39 is 11.8 Å². The molecule has 3 N–H and O–H groups in total. The summed E-state index contributed by atoms with van der Waals surface area (Å²) in [4.78, 5) is 26.3. The second-order valence-electron chi connectivity index (χ2n) is 7.81. The Morgan fingerprint density at radius 3 is 2.66 bits per heavy atom. The normalized spacial score (nSPS) is 23.3. The Bertz CT molecular complexity index is 1170. The minimum atomic E-state index is -0.554. The Morgan fingerprint density at radius 2 is 2.00 bits per heavy atom. The van der Waals surface area contributed by atoms with Crippen molar-refractivity contribution in [3.05, 3.63) is 58.6 Å². The highest BCUT2D eigenvalue weighted by Gasteiger charge is 2.50. The van der Waals surface area contributed by atoms with E-state index in [1.807, 2.05) is 36.4 Å². The van der Waals surface area contributed by atoms with Gasteiger partial charge in [0.2, 0.25) is 5.91 Å². The summed E-state index contributed by atoms with van der Waals surface area (Å²) in [5.74, 6) is -0.102. The van der Waals surface area contributed by atoms with Crippen LogP contribution in [0.5, 0.6) is 0 Å². The first-order chi connectivity index (χ1) is 14.1. The summed E-state index contributed by atoms with van der Waals surface area (Å²) in [7, 11) is 0. The maximum absolute atomic E-state index is 12.4. The average Bonchev–Trinajstić information content (AvgIpc) is 3.09. The van der Waals surface area contributed by atoms with E-state index in [9.17, 15) is 14.9 Å². The molecular formula is C22H20N4O3. The number of aromatic nitrogens is 1. The summed E-state index contributed by atoms with van der Waals surface area (Å²) in [6.45, 7) is 0. The van der Waals surface area contributed by atoms with Crippen LogP contribution in [0, 0.1) is 17.2 Å². The summed E-state index contributed by atoms with van der Waals surface area (Å²) in [6, 6.07) is 15.4. The van der Waals surface area contributed by atoms with Crippen LogP contribution in [0.2, 0.25) is 0 Å². The fourth-order valence-corrected chi connectivity index (χ4v) is 4.23. The van der Waals surface area contributed by atoms with Crippen molar-refractivity contribution in [3.63, 3.8) is 0 Å². The van der Waals surface area contributed by atoms with E-state index in [2.05, 4.69) is 21.7 Å². The standard InChI is InChI=1S/C22H20N4O3/c23-11-15(24-21(27)20-16-6-7-17(16)25-20)9-12-1-3-13(4-2-12)14-5-8-19-18(10-14)26-22(28)29-19/h1-5,8,10,15-17,20,25H,6-7,9H2,(H,24,27)(H,26,28)/t15-,16?,17+,20-/m0/s1. The number of fused-ring (bicyclic) bond motifs is 2. The number of rotatable bonds is 5. The molecule has 1 amide bonds. The zero-order valence-corrected chi connectivity index (χ0v) is 15.6. The number of amides is 1. The van der Waals surface area contributed by atoms with Gasteiger partial charge in [-0.15, -0.1) is 0 Å². The molecule has 0 spiro atoms. The monoisotopic (exact) mass is 388 g/mol. The van der Waals surface area contributed by atoms with Gasteiger partial charge in [0.05, 0.1) is 17.6 Å². The number of oxazole rings is 1. The average molecular weight is 388 g/mol. The van der Waals surface area contributed by atoms with E-state index in [1.54, 1.807) is 6.07 Å². The number of nitriles is 1. The molecule has 7 heteroatoms. The van der Waals surface area contributed by atoms with E-state index in [0.29, 0.717) is 29.5 Å². The number of nitrogens with zero attached hydrogens (tertiary/aromatic N) is 1. The Balaban J connectivity index is 1.25. The number of carbonyl (C=O) groups is 1. The van der Waals surface area contributed by atoms with Gasteiger partial charge in [-0.05, 0) is 47.6 Å². The van der Waals surface area contributed by atoms with Crippen molar-refractivity contribution in [1.29, 1.82) is 5.26 Å². The first-order valence-corrected chi connectivity index (χ1v) is 9.79. The van der Waals surface area contributed by atoms with Crippen LogP contribution in [0.25, 0.3) is 22.2 Å². The molecule has 1 aliphatic carbocycles. The number of H-pyrrole nitrogens is 1. The third-order valence-corrected chi connectivity index (χ3v) is 6.05. The van der Waals surface area contributed by atoms with Gasteiger partial charge in [0.25, 0.3) is 0 Å². The summed E-state index contributed by atoms with van der Waals surface area (Å²) in [6.07, 6.45) is 2.69. The molecule has 1 unspecified atom stereocenters. The van der Waals surface area contributed by atoms with E-state index in [-0.39, 0.29) is 11.9 Å². The molecule has 1 saturated carbocycles. The van der Waals surface area contributed by atoms with Crippen LogP contribution < -0.4 is 16.4 Å². The predicted molar refractivity (Wildman–Crippen MR) is 107 cm³/mol. The summed E-state index contributed by atoms with van der Waals surface area (Å²) in [5.41, 5.74) is 4.10. The molecule has 2 fully saturated rings. The Kier molecular flexibility index (Phi) is 4.22. The van der Waals surface area contributed by atoms with Crippen LogP contribution in [0.3, 0.4) is 0 Å². The zero-order valence-electron chi connectivity index (χ0n) is 15.6. The van der Waals surface area contributed by atoms with Gasteiger partial charge in [-0.2, -0.15) is 5.26 Å². The van der Waals surface area contributed by atoms with E-state index in [4.69, 9.17) is 4.42 Å². The summed E-state index contributed by atoms with van der Waals surface area (Å²) in [5, 5.41) is 15.6. The number of piperidine rings is 1. The molecule has 7 nitrogen and oxygen atoms in total. The predicted octanol–water partition coefficient (Wildman–Crippen LogP) is 2.09. The molecule has 29 heavy (non-hydrogen) atoms. The van der Waals surface area contributed by atoms with E-state index in [1.165, 1.54) is 0 Å². The smallest absolute Gasteiger partial charge is 0.408 e. The van der Waals surface area contributed by atoms with Crippen LogP contribution in [-0.2, 0) is 11.2 Å². The Hall–Kier alpha value is -3.37. The maximum Gasteiger partial charge on any atom is 0.417 e. The van der Waals surface area contributed by atoms with Crippen molar-refractivity contribution in [1.82, 2.24) is 15.6 Å². The molecule has 1 aliphatic heterocycles. The van der Waals surface area contributed by atoms with Crippen LogP contribution in [-0.4, -0.2) is 29.0 Å². The van der Waals surface area contributed by atoms with Crippen molar-refractivity contribution in [3.8, 4) is 17.2 Å². The number of benzene rings is 2. The maximum atomic E-state index is 12.4. The van der Waals surface area contributed by atoms with Crippen molar-refractivity contribution in [2.45, 2.75) is 37.4 Å². The lowest BCUT2D eigenvalue weighted by Gasteiger charge is -2.53. The molecule has 146 valence electrons. The zero-order chi connectivity index (χ0) is 20.0. The molecule has 3 aromatic rings. The van der Waals surface area contributed by atoms with Gasteiger partial charge in [0.15, 0.2) is 5.58 Å². The summed E-state index contributed by atoms with van der Waals surface area (Å²) >= 11 is 0. The first kappa shape index (κ1) is 17.7. The molecule has 1 saturated heterocycles. The molecule has 2 heterocycles. The Morgan fingerprint density at radius 1 is 1.21 bits per heavy atom. The molecule has 0 radical (unpaired) electrons. The van der Waals surface area contributed by atoms with Crippen LogP contribution in [0.1, 0.15) is 18.4 Å². The highest BCUT2D eigenvalue weighted by atomic mass is 16.4. The molecular weight excluding hydrogens is 368 g/mol. The SMILES string of the molecule is N#C[C@H](Cc1ccc(-c2ccc3oc(=O)[nH]c3c2)cc1)NC(=O)[C@H]1N[C@@H]2CCC12. The topological polar surface area (TPSA) is 111 Å². The lowest BCUT2D eigenvalue weighted by molar-refractivity contribution is -0.132. The highest BCUT2D eigenvalue weighted by Crippen LogP contribution is 2.38. The third kappa shape index (κ3) is 3.22. The fourth-order valence-electron chi connectivity index (χ4n) is 4.23. The Labute approximate surface area is 166 Å². The number of hydrogen-bond donors (Lipinski definition) is 3. The van der Waals surface area contributed by atoms with Crippen LogP contribution >= 0.6 is 0 Å². The number of nitrogens with one attached hydrogen (secondary N) is 3. The fraction of sp³-hybridized carbons (Fsp3) is 0.318. The quantitative estimate of drug-likeness (QED) is 0.620. The highest BCUT2D eigenvalue weighted by molar-refractivity contribution is 5.84. The van der Waals surface area contributed by atoms with Crippen molar-refractivity contribution in [2.75, 3.05) is 0 Å². The molecule has 2 aromatic carbocycles. The van der Waals surface area contributed by atoms with Gasteiger partial charge >= 0.3 is 5.76 Å². The first-order valence-electron chi connectivity index (χ1n) is 9.79. The van der Waals surface area contributed by atoms with Crippen molar-refractivity contribution in [2.24, 2.45) is 5.92 Å². The van der Waals surface area contributed by atoms with Gasteiger partial charge in [-0.25, -0.2) is 4.79 Å². The van der Waals surface area contributed by atoms with Gasteiger partial charge in [-0.3, -0.25) is 9.78 Å². The minimum Gasteiger partial charge on any atom is -0.408 e. The summed E-state index contributed by atoms with van der Waals surface area (Å²) < 4.78 is 5.03. The second-order valence-corrected chi connectivity index (χ2v) is 7.81. The lowest BCUT2D eigenvalue weighted by Crippen LogP contribution is -2.71. The van der Waals surface area contributed by atoms with Gasteiger partial charge in [-0.1, -0.05) is 30.3 Å². The van der Waals surface area contributed by atoms with Gasteiger partial charge in [0.1, 0.15) is 6.04 Å². The van der Waals surface area contributed by atoms with Gasteiger partial charge < -0.3 is 15.1 Å². The third-order valence-electron chi connectivity index (χ3n) is 6.05. The molecule has 2 aliphatic rings. The van der Waals surface area contributed by atoms with Crippen LogP contribution in [0.15, 0.2) is 51.7 Å². The molecule has 4 atom stereocenters. The number of hydrogen-bond acceptors (Lipinski definition) is 5. The van der Waals surface area contributed by atoms with Crippen molar-refractivity contribution < 1.29 is 9.21 Å². The molecule has 0 bridgehead atoms. The second kappa shape index (κ2) is 6.90. The van der Waals surface area contributed by atoms with E-state index in [0.717, 1.165) is 29.5 Å². The minimum absolute atomic E-state index is 0.0727. The van der Waals surface area contributed by atoms with Crippen molar-refractivity contribution >= 4 is 17.0 Å². The number of carbonyl (C=O) groups excluding carboxylic acids is 1.